The summed E-state index contributed by atoms with van der Waals surface area (Å²) in [7, 11) is 0. The van der Waals surface area contributed by atoms with Gasteiger partial charge in [0.1, 0.15) is 18.2 Å². The molecule has 4 unspecified atom stereocenters. The van der Waals surface area contributed by atoms with Crippen LogP contribution in [0.1, 0.15) is 349 Å². The Labute approximate surface area is 670 Å². The molecule has 0 aromatic heterocycles. The third kappa shape index (κ3) is 17.3. The molecule has 10 aliphatic carbocycles. The highest BCUT2D eigenvalue weighted by molar-refractivity contribution is 5.86. The highest BCUT2D eigenvalue weighted by Gasteiger charge is 2.74. The number of aliphatic carboxylic acids is 3. The number of allylic oxidation sites excluding steroid dienone is 2. The molecule has 0 saturated heterocycles. The Kier molecular flexibility index (Phi) is 28.2. The number of amides is 4. The first kappa shape index (κ1) is 90.1. The number of nitrogens with one attached hydrogen (secondary N) is 4. The van der Waals surface area contributed by atoms with E-state index in [-0.39, 0.29) is 114 Å². The van der Waals surface area contributed by atoms with Gasteiger partial charge in [-0.2, -0.15) is 0 Å². The fourth-order valence-corrected chi connectivity index (χ4v) is 28.4. The maximum atomic E-state index is 14.6. The van der Waals surface area contributed by atoms with Crippen molar-refractivity contribution >= 4 is 47.5 Å². The van der Waals surface area contributed by atoms with Crippen LogP contribution in [0, 0.1) is 131 Å². The van der Waals surface area contributed by atoms with Crippen molar-refractivity contribution < 1.29 is 63.5 Å². The number of aliphatic hydroxyl groups excluding tert-OH is 1. The SMILES string of the molecule is C=C(C)[C@@H]1CC[C@]2(C(=O)NCCCCCCCC(=O)NC(CC(C)C)C(=O)O)CC[C@]3(C)[C@H](CCC4[C@@]5(C)CC[C@H](O)C(C)(C)[C@@H]5CC[C@]43C)[C@@H]12.C=C(C)[C@@H]1CC[C@]2(C(=O)NCCCCCCCC(=O)NC(CC(C)C)C(=O)O)CC[C@]3(C)[C@H](CCC4[C@@]5(C)CC[C@H](OC(=O)CC(C)(C)C(=O)O)C(C)(C)[C@@H]5CC[C@]43C)[C@@H]12. The van der Waals surface area contributed by atoms with Crippen molar-refractivity contribution in [1.82, 2.24) is 21.3 Å². The summed E-state index contributed by atoms with van der Waals surface area (Å²) in [6.07, 6.45) is 31.3. The molecule has 111 heavy (non-hydrogen) atoms. The molecular weight excluding hydrogens is 1390 g/mol. The Morgan fingerprint density at radius 3 is 1.23 bits per heavy atom. The van der Waals surface area contributed by atoms with E-state index in [1.807, 2.05) is 27.7 Å². The Morgan fingerprint density at radius 1 is 0.450 bits per heavy atom. The van der Waals surface area contributed by atoms with Gasteiger partial charge in [-0.3, -0.25) is 28.8 Å². The molecule has 22 atom stereocenters. The summed E-state index contributed by atoms with van der Waals surface area (Å²) in [5.74, 6) is 1.67. The van der Waals surface area contributed by atoms with Gasteiger partial charge < -0.3 is 46.4 Å². The van der Waals surface area contributed by atoms with Gasteiger partial charge in [-0.15, -0.1) is 0 Å². The topological polar surface area (TPSA) is 275 Å². The zero-order chi connectivity index (χ0) is 82.2. The summed E-state index contributed by atoms with van der Waals surface area (Å²) in [5.41, 5.74) is 1.34. The molecule has 0 aromatic carbocycles. The number of aliphatic hydroxyl groups is 1. The molecule has 8 N–H and O–H groups in total. The second-order valence-corrected chi connectivity index (χ2v) is 43.0. The smallest absolute Gasteiger partial charge is 0.326 e. The van der Waals surface area contributed by atoms with E-state index in [2.05, 4.69) is 118 Å². The fourth-order valence-electron chi connectivity index (χ4n) is 28.4. The van der Waals surface area contributed by atoms with Crippen LogP contribution in [0.4, 0.5) is 0 Å². The molecule has 630 valence electrons. The van der Waals surface area contributed by atoms with Crippen molar-refractivity contribution in [2.75, 3.05) is 13.1 Å². The number of hydrogen-bond acceptors (Lipinski definition) is 10. The highest BCUT2D eigenvalue weighted by atomic mass is 16.5. The van der Waals surface area contributed by atoms with E-state index in [4.69, 9.17) is 4.74 Å². The Balaban J connectivity index is 0.000000258. The predicted molar refractivity (Wildman–Crippen MR) is 439 cm³/mol. The highest BCUT2D eigenvalue weighted by Crippen LogP contribution is 2.80. The van der Waals surface area contributed by atoms with Gasteiger partial charge in [-0.25, -0.2) is 9.59 Å². The van der Waals surface area contributed by atoms with Crippen molar-refractivity contribution in [2.24, 2.45) is 131 Å². The molecule has 0 bridgehead atoms. The molecule has 0 radical (unpaired) electrons. The number of esters is 1. The summed E-state index contributed by atoms with van der Waals surface area (Å²) >= 11 is 0. The number of carbonyl (C=O) groups excluding carboxylic acids is 5. The first-order valence-corrected chi connectivity index (χ1v) is 44.7. The number of unbranched alkanes of at least 4 members (excludes halogenated alkanes) is 8. The van der Waals surface area contributed by atoms with E-state index >= 15 is 0 Å². The second-order valence-electron chi connectivity index (χ2n) is 43.0. The van der Waals surface area contributed by atoms with Crippen LogP contribution in [0.15, 0.2) is 24.3 Å². The van der Waals surface area contributed by atoms with Gasteiger partial charge in [0.25, 0.3) is 0 Å². The Hall–Kier alpha value is -4.80. The standard InChI is InChI=1S/C50H82N2O8.C44H74N2O5/c1-31(2)29-35(42(55)56)52-39(53)17-15-13-12-14-16-28-51-43(57)50-25-20-33(32(3)4)41(50)34-18-19-37-47(9)23-22-38(60-40(54)30-45(5,6)44(58)59)46(7,8)36(47)21-24-49(37,11)48(34,10)26-27-50;1-28(2)27-32(38(49)50)46-36(48)15-13-11-10-12-14-26-45-39(51)44-23-18-30(29(3)4)37(44)31-16-17-34-41(7)21-20-35(47)40(5,6)33(41)19-22-43(34,9)42(31,8)24-25-44/h31,33-38,41H,3,12-30H2,1-2,4-11H3,(H,51,57)(H,52,53)(H,55,56)(H,58,59);28,30-35,37,47H,3,10-27H2,1-2,4-9H3,(H,45,51)(H,46,48)(H,49,50)/t33-,34+,35?,36-,37?,38-,41+,47-,48+,49+,50-;30-,31+,32?,33-,34?,35-,37+,41-,42+,43+,44-/m00/s1. The minimum atomic E-state index is -1.17. The minimum absolute atomic E-state index is 0.0423. The van der Waals surface area contributed by atoms with Crippen molar-refractivity contribution in [2.45, 2.75) is 374 Å². The summed E-state index contributed by atoms with van der Waals surface area (Å²) < 4.78 is 6.18. The maximum absolute atomic E-state index is 14.6. The molecule has 0 aromatic rings. The van der Waals surface area contributed by atoms with Crippen molar-refractivity contribution in [1.29, 1.82) is 0 Å². The van der Waals surface area contributed by atoms with Gasteiger partial charge in [0, 0.05) is 31.3 Å². The first-order chi connectivity index (χ1) is 51.7. The lowest BCUT2D eigenvalue weighted by Gasteiger charge is -2.72. The molecule has 10 rings (SSSR count). The second kappa shape index (κ2) is 34.8. The summed E-state index contributed by atoms with van der Waals surface area (Å²) in [6, 6.07) is -1.65. The van der Waals surface area contributed by atoms with Crippen LogP contribution in [0.2, 0.25) is 0 Å². The predicted octanol–water partition coefficient (Wildman–Crippen LogP) is 19.2. The van der Waals surface area contributed by atoms with Gasteiger partial charge in [-0.1, -0.05) is 160 Å². The number of carboxylic acids is 3. The Morgan fingerprint density at radius 2 is 0.838 bits per heavy atom. The van der Waals surface area contributed by atoms with Crippen molar-refractivity contribution in [3.05, 3.63) is 24.3 Å². The van der Waals surface area contributed by atoms with Gasteiger partial charge in [0.05, 0.1) is 28.8 Å². The van der Waals surface area contributed by atoms with Gasteiger partial charge in [0.15, 0.2) is 0 Å². The van der Waals surface area contributed by atoms with E-state index < -0.39 is 41.4 Å². The molecule has 17 heteroatoms. The van der Waals surface area contributed by atoms with E-state index in [9.17, 15) is 58.8 Å². The average molecular weight is 1550 g/mol. The monoisotopic (exact) mass is 1550 g/mol. The third-order valence-electron chi connectivity index (χ3n) is 34.8. The average Bonchev–Trinajstić information content (AvgIpc) is 1.65. The molecule has 0 spiro atoms. The van der Waals surface area contributed by atoms with Gasteiger partial charge in [0.2, 0.25) is 23.6 Å². The number of rotatable bonds is 32. The zero-order valence-electron chi connectivity index (χ0n) is 72.8. The quantitative estimate of drug-likeness (QED) is 0.0177. The lowest BCUT2D eigenvalue weighted by Crippen LogP contribution is -2.67. The van der Waals surface area contributed by atoms with Crippen LogP contribution >= 0.6 is 0 Å². The maximum Gasteiger partial charge on any atom is 0.326 e. The van der Waals surface area contributed by atoms with Crippen molar-refractivity contribution in [3.8, 4) is 0 Å². The van der Waals surface area contributed by atoms with Crippen LogP contribution in [-0.2, 0) is 43.1 Å². The van der Waals surface area contributed by atoms with Crippen LogP contribution in [0.25, 0.3) is 0 Å². The van der Waals surface area contributed by atoms with E-state index in [1.165, 1.54) is 36.8 Å². The van der Waals surface area contributed by atoms with Gasteiger partial charge >= 0.3 is 23.9 Å². The normalized spacial score (nSPS) is 38.0. The molecule has 10 saturated carbocycles. The zero-order valence-corrected chi connectivity index (χ0v) is 72.8. The largest absolute Gasteiger partial charge is 0.481 e. The van der Waals surface area contributed by atoms with Gasteiger partial charge in [-0.05, 0) is 304 Å². The minimum Gasteiger partial charge on any atom is -0.481 e. The number of carboxylic acid groups (broad SMARTS) is 3. The number of carbonyl (C=O) groups is 8. The molecule has 10 aliphatic rings. The van der Waals surface area contributed by atoms with Crippen LogP contribution in [-0.4, -0.2) is 105 Å². The van der Waals surface area contributed by atoms with E-state index in [0.717, 1.165) is 167 Å². The van der Waals surface area contributed by atoms with Crippen molar-refractivity contribution in [3.63, 3.8) is 0 Å². The fraction of sp³-hybridized carbons (Fsp3) is 0.872. The number of hydrogen-bond donors (Lipinski definition) is 8. The first-order valence-electron chi connectivity index (χ1n) is 44.7. The molecule has 4 amide bonds. The molecule has 10 fully saturated rings. The molecular formula is C94H156N4O13. The molecule has 17 nitrogen and oxygen atoms in total. The number of fused-ring (bicyclic) bond motifs is 14. The lowest BCUT2D eigenvalue weighted by molar-refractivity contribution is -0.249. The summed E-state index contributed by atoms with van der Waals surface area (Å²) in [4.78, 5) is 102. The number of ether oxygens (including phenoxy) is 1. The Bertz CT molecular complexity index is 3380. The van der Waals surface area contributed by atoms with E-state index in [1.54, 1.807) is 13.8 Å². The molecule has 0 aliphatic heterocycles. The lowest BCUT2D eigenvalue weighted by atomic mass is 9.32. The summed E-state index contributed by atoms with van der Waals surface area (Å²) in [5, 5.41) is 51.8. The summed E-state index contributed by atoms with van der Waals surface area (Å²) in [6.45, 7) is 50.6. The van der Waals surface area contributed by atoms with Crippen LogP contribution < -0.4 is 21.3 Å². The van der Waals surface area contributed by atoms with Crippen LogP contribution in [0.3, 0.4) is 0 Å². The third-order valence-corrected chi connectivity index (χ3v) is 34.8. The molecule has 0 heterocycles. The van der Waals surface area contributed by atoms with E-state index in [0.29, 0.717) is 92.0 Å². The van der Waals surface area contributed by atoms with Crippen LogP contribution in [0.5, 0.6) is 0 Å².